The second kappa shape index (κ2) is 6.30. The van der Waals surface area contributed by atoms with Crippen LogP contribution in [0.1, 0.15) is 50.3 Å². The summed E-state index contributed by atoms with van der Waals surface area (Å²) in [5.41, 5.74) is 7.25. The summed E-state index contributed by atoms with van der Waals surface area (Å²) in [6.07, 6.45) is 9.68. The molecule has 2 rings (SSSR count). The molecule has 94 valence electrons. The Morgan fingerprint density at radius 2 is 2.00 bits per heavy atom. The Balaban J connectivity index is 2.00. The van der Waals surface area contributed by atoms with Crippen LogP contribution in [0.25, 0.3) is 0 Å². The lowest BCUT2D eigenvalue weighted by Gasteiger charge is -2.24. The normalized spacial score (nSPS) is 19.2. The van der Waals surface area contributed by atoms with Crippen LogP contribution in [0.5, 0.6) is 0 Å². The van der Waals surface area contributed by atoms with Crippen molar-refractivity contribution >= 4 is 31.9 Å². The smallest absolute Gasteiger partial charge is 0.0713 e. The molecule has 1 aliphatic carbocycles. The molecule has 17 heavy (non-hydrogen) atoms. The second-order valence-corrected chi connectivity index (χ2v) is 6.64. The van der Waals surface area contributed by atoms with Crippen LogP contribution in [0.3, 0.4) is 0 Å². The zero-order chi connectivity index (χ0) is 12.3. The predicted molar refractivity (Wildman–Crippen MR) is 77.8 cm³/mol. The molecular formula is C13H18Br2N2. The second-order valence-electron chi connectivity index (χ2n) is 4.87. The fraction of sp³-hybridized carbons (Fsp3) is 0.615. The quantitative estimate of drug-likeness (QED) is 0.855. The molecule has 1 unspecified atom stereocenters. The highest BCUT2D eigenvalue weighted by Gasteiger charge is 2.19. The number of hydrogen-bond donors (Lipinski definition) is 1. The Bertz CT molecular complexity index is 376. The maximum absolute atomic E-state index is 6.27. The molecule has 0 bridgehead atoms. The van der Waals surface area contributed by atoms with Crippen molar-refractivity contribution in [3.05, 3.63) is 26.9 Å². The summed E-state index contributed by atoms with van der Waals surface area (Å²) in [6.45, 7) is 0. The van der Waals surface area contributed by atoms with Gasteiger partial charge >= 0.3 is 0 Å². The average Bonchev–Trinajstić information content (AvgIpc) is 2.30. The third kappa shape index (κ3) is 3.76. The van der Waals surface area contributed by atoms with E-state index in [0.717, 1.165) is 27.0 Å². The summed E-state index contributed by atoms with van der Waals surface area (Å²) in [5.74, 6) is 0.788. The Hall–Kier alpha value is 0.0700. The van der Waals surface area contributed by atoms with Crippen molar-refractivity contribution in [2.24, 2.45) is 11.7 Å². The fourth-order valence-electron chi connectivity index (χ4n) is 2.59. The molecule has 1 aromatic heterocycles. The van der Waals surface area contributed by atoms with Gasteiger partial charge < -0.3 is 5.73 Å². The van der Waals surface area contributed by atoms with Crippen LogP contribution in [0.2, 0.25) is 0 Å². The molecule has 1 saturated carbocycles. The Kier molecular flexibility index (Phi) is 5.00. The van der Waals surface area contributed by atoms with Gasteiger partial charge in [-0.05, 0) is 50.3 Å². The third-order valence-electron chi connectivity index (χ3n) is 3.50. The van der Waals surface area contributed by atoms with Gasteiger partial charge in [-0.15, -0.1) is 0 Å². The molecule has 1 aromatic rings. The lowest BCUT2D eigenvalue weighted by molar-refractivity contribution is 0.317. The SMILES string of the molecule is NC(CC1CCCCC1)c1ncc(Br)cc1Br. The molecule has 1 atom stereocenters. The maximum Gasteiger partial charge on any atom is 0.0713 e. The first-order valence-corrected chi connectivity index (χ1v) is 7.82. The van der Waals surface area contributed by atoms with E-state index in [1.807, 2.05) is 12.3 Å². The molecule has 0 aromatic carbocycles. The third-order valence-corrected chi connectivity index (χ3v) is 4.57. The van der Waals surface area contributed by atoms with E-state index in [4.69, 9.17) is 5.73 Å². The summed E-state index contributed by atoms with van der Waals surface area (Å²) >= 11 is 6.95. The number of nitrogens with two attached hydrogens (primary N) is 1. The van der Waals surface area contributed by atoms with Crippen LogP contribution in [0, 0.1) is 5.92 Å². The average molecular weight is 362 g/mol. The zero-order valence-electron chi connectivity index (χ0n) is 9.83. The topological polar surface area (TPSA) is 38.9 Å². The molecule has 4 heteroatoms. The van der Waals surface area contributed by atoms with E-state index < -0.39 is 0 Å². The molecule has 2 nitrogen and oxygen atoms in total. The van der Waals surface area contributed by atoms with Gasteiger partial charge in [0.05, 0.1) is 5.69 Å². The molecule has 1 aliphatic rings. The highest BCUT2D eigenvalue weighted by molar-refractivity contribution is 9.11. The highest BCUT2D eigenvalue weighted by atomic mass is 79.9. The lowest BCUT2D eigenvalue weighted by atomic mass is 9.84. The van der Waals surface area contributed by atoms with Crippen molar-refractivity contribution in [3.8, 4) is 0 Å². The van der Waals surface area contributed by atoms with Crippen LogP contribution in [0.4, 0.5) is 0 Å². The zero-order valence-corrected chi connectivity index (χ0v) is 13.0. The summed E-state index contributed by atoms with van der Waals surface area (Å²) in [5, 5.41) is 0. The number of hydrogen-bond acceptors (Lipinski definition) is 2. The molecule has 2 N–H and O–H groups in total. The number of pyridine rings is 1. The van der Waals surface area contributed by atoms with Gasteiger partial charge in [0, 0.05) is 21.2 Å². The van der Waals surface area contributed by atoms with Gasteiger partial charge in [-0.1, -0.05) is 32.1 Å². The predicted octanol–water partition coefficient (Wildman–Crippen LogP) is 4.58. The summed E-state index contributed by atoms with van der Waals surface area (Å²) < 4.78 is 1.99. The molecule has 0 amide bonds. The van der Waals surface area contributed by atoms with E-state index >= 15 is 0 Å². The molecule has 0 radical (unpaired) electrons. The Morgan fingerprint density at radius 3 is 2.65 bits per heavy atom. The van der Waals surface area contributed by atoms with Gasteiger partial charge in [0.25, 0.3) is 0 Å². The number of nitrogens with zero attached hydrogens (tertiary/aromatic N) is 1. The van der Waals surface area contributed by atoms with Gasteiger partial charge in [0.2, 0.25) is 0 Å². The number of aromatic nitrogens is 1. The van der Waals surface area contributed by atoms with Crippen molar-refractivity contribution < 1.29 is 0 Å². The molecule has 1 heterocycles. The largest absolute Gasteiger partial charge is 0.323 e. The lowest BCUT2D eigenvalue weighted by Crippen LogP contribution is -2.18. The fourth-order valence-corrected chi connectivity index (χ4v) is 3.87. The van der Waals surface area contributed by atoms with Crippen LogP contribution in [-0.2, 0) is 0 Å². The Labute approximate surface area is 120 Å². The highest BCUT2D eigenvalue weighted by Crippen LogP contribution is 2.32. The van der Waals surface area contributed by atoms with E-state index in [1.54, 1.807) is 0 Å². The number of rotatable bonds is 3. The standard InChI is InChI=1S/C13H18Br2N2/c14-10-7-11(15)13(17-8-10)12(16)6-9-4-2-1-3-5-9/h7-9,12H,1-6,16H2. The first-order valence-electron chi connectivity index (χ1n) is 6.23. The number of halogens is 2. The van der Waals surface area contributed by atoms with Crippen molar-refractivity contribution in [2.45, 2.75) is 44.6 Å². The molecule has 0 aliphatic heterocycles. The van der Waals surface area contributed by atoms with Crippen LogP contribution in [0.15, 0.2) is 21.2 Å². The van der Waals surface area contributed by atoms with Gasteiger partial charge in [0.15, 0.2) is 0 Å². The molecule has 0 saturated heterocycles. The van der Waals surface area contributed by atoms with Gasteiger partial charge in [-0.3, -0.25) is 4.98 Å². The van der Waals surface area contributed by atoms with Crippen LogP contribution < -0.4 is 5.73 Å². The molecular weight excluding hydrogens is 344 g/mol. The summed E-state index contributed by atoms with van der Waals surface area (Å²) in [7, 11) is 0. The van der Waals surface area contributed by atoms with Crippen molar-refractivity contribution in [1.82, 2.24) is 4.98 Å². The van der Waals surface area contributed by atoms with E-state index in [2.05, 4.69) is 36.8 Å². The minimum absolute atomic E-state index is 0.0561. The maximum atomic E-state index is 6.27. The summed E-state index contributed by atoms with van der Waals surface area (Å²) in [4.78, 5) is 4.42. The Morgan fingerprint density at radius 1 is 1.29 bits per heavy atom. The molecule has 1 fully saturated rings. The monoisotopic (exact) mass is 360 g/mol. The van der Waals surface area contributed by atoms with Crippen LogP contribution in [-0.4, -0.2) is 4.98 Å². The van der Waals surface area contributed by atoms with E-state index in [9.17, 15) is 0 Å². The molecule has 0 spiro atoms. The van der Waals surface area contributed by atoms with Crippen molar-refractivity contribution in [3.63, 3.8) is 0 Å². The van der Waals surface area contributed by atoms with E-state index in [1.165, 1.54) is 32.1 Å². The van der Waals surface area contributed by atoms with E-state index in [-0.39, 0.29) is 6.04 Å². The van der Waals surface area contributed by atoms with Gasteiger partial charge in [-0.25, -0.2) is 0 Å². The minimum atomic E-state index is 0.0561. The van der Waals surface area contributed by atoms with Gasteiger partial charge in [-0.2, -0.15) is 0 Å². The van der Waals surface area contributed by atoms with E-state index in [0.29, 0.717) is 0 Å². The van der Waals surface area contributed by atoms with Crippen molar-refractivity contribution in [1.29, 1.82) is 0 Å². The van der Waals surface area contributed by atoms with Crippen LogP contribution >= 0.6 is 31.9 Å². The first kappa shape index (κ1) is 13.5. The van der Waals surface area contributed by atoms with Gasteiger partial charge in [0.1, 0.15) is 0 Å². The van der Waals surface area contributed by atoms with Crippen molar-refractivity contribution in [2.75, 3.05) is 0 Å². The summed E-state index contributed by atoms with van der Waals surface area (Å²) in [6, 6.07) is 2.07. The first-order chi connectivity index (χ1) is 8.16. The minimum Gasteiger partial charge on any atom is -0.323 e.